The van der Waals surface area contributed by atoms with Crippen LogP contribution in [0.3, 0.4) is 0 Å². The lowest BCUT2D eigenvalue weighted by Gasteiger charge is -2.47. The smallest absolute Gasteiger partial charge is 0.191 e. The van der Waals surface area contributed by atoms with Crippen molar-refractivity contribution < 1.29 is 13.9 Å². The highest BCUT2D eigenvalue weighted by molar-refractivity contribution is 6.74. The van der Waals surface area contributed by atoms with Crippen molar-refractivity contribution in [3.63, 3.8) is 0 Å². The molecule has 0 aliphatic carbocycles. The molecule has 0 bridgehead atoms. The first kappa shape index (κ1) is 19.4. The third-order valence-corrected chi connectivity index (χ3v) is 9.94. The van der Waals surface area contributed by atoms with Crippen LogP contribution in [0.2, 0.25) is 18.1 Å². The van der Waals surface area contributed by atoms with Crippen molar-refractivity contribution in [2.24, 2.45) is 0 Å². The molecule has 1 aromatic rings. The highest BCUT2D eigenvalue weighted by Gasteiger charge is 2.47. The molecule has 0 spiro atoms. The van der Waals surface area contributed by atoms with Gasteiger partial charge in [0.15, 0.2) is 8.32 Å². The van der Waals surface area contributed by atoms with Crippen molar-refractivity contribution in [1.29, 1.82) is 0 Å². The largest absolute Gasteiger partial charge is 0.417 e. The summed E-state index contributed by atoms with van der Waals surface area (Å²) < 4.78 is 18.2. The normalized spacial score (nSPS) is 24.5. The predicted octanol–water partition coefficient (Wildman–Crippen LogP) is 4.94. The minimum atomic E-state index is -1.71. The van der Waals surface area contributed by atoms with Crippen LogP contribution < -0.4 is 0 Å². The van der Waals surface area contributed by atoms with Crippen molar-refractivity contribution in [3.8, 4) is 0 Å². The Labute approximate surface area is 148 Å². The van der Waals surface area contributed by atoms with E-state index < -0.39 is 8.32 Å². The molecule has 1 aliphatic heterocycles. The monoisotopic (exact) mass is 348 g/mol. The Morgan fingerprint density at radius 3 is 2.46 bits per heavy atom. The van der Waals surface area contributed by atoms with Crippen LogP contribution >= 0.6 is 0 Å². The van der Waals surface area contributed by atoms with Gasteiger partial charge in [-0.2, -0.15) is 0 Å². The SMILES string of the molecule is C=C[C@]1(OCc2ccccc2)COC1CCO[Si](C)(C)C(C)(C)C. The van der Waals surface area contributed by atoms with Gasteiger partial charge in [0.05, 0.1) is 19.3 Å². The Kier molecular flexibility index (Phi) is 6.08. The summed E-state index contributed by atoms with van der Waals surface area (Å²) in [4.78, 5) is 0. The molecule has 0 radical (unpaired) electrons. The average molecular weight is 349 g/mol. The molecule has 4 heteroatoms. The minimum absolute atomic E-state index is 0.0310. The van der Waals surface area contributed by atoms with Gasteiger partial charge in [0, 0.05) is 6.61 Å². The molecule has 1 unspecified atom stereocenters. The molecule has 1 saturated heterocycles. The highest BCUT2D eigenvalue weighted by atomic mass is 28.4. The van der Waals surface area contributed by atoms with E-state index in [1.54, 1.807) is 0 Å². The summed E-state index contributed by atoms with van der Waals surface area (Å²) in [6, 6.07) is 10.2. The summed E-state index contributed by atoms with van der Waals surface area (Å²) in [7, 11) is -1.71. The highest BCUT2D eigenvalue weighted by Crippen LogP contribution is 2.38. The fraction of sp³-hybridized carbons (Fsp3) is 0.600. The topological polar surface area (TPSA) is 27.7 Å². The molecule has 1 heterocycles. The minimum Gasteiger partial charge on any atom is -0.417 e. The van der Waals surface area contributed by atoms with E-state index in [0.717, 1.165) is 6.42 Å². The van der Waals surface area contributed by atoms with Crippen molar-refractivity contribution >= 4 is 8.32 Å². The van der Waals surface area contributed by atoms with E-state index in [4.69, 9.17) is 13.9 Å². The molecule has 1 fully saturated rings. The third-order valence-electron chi connectivity index (χ3n) is 5.40. The van der Waals surface area contributed by atoms with Gasteiger partial charge in [0.25, 0.3) is 0 Å². The number of hydrogen-bond acceptors (Lipinski definition) is 3. The van der Waals surface area contributed by atoms with Gasteiger partial charge in [0.2, 0.25) is 0 Å². The lowest BCUT2D eigenvalue weighted by Crippen LogP contribution is -2.59. The standard InChI is InChI=1S/C20H32O3Si/c1-7-20(22-15-17-11-9-8-10-12-17)16-21-18(20)13-14-23-24(5,6)19(2,3)4/h7-12,18H,1,13-16H2,2-6H3/t18?,20-/m0/s1. The van der Waals surface area contributed by atoms with E-state index in [2.05, 4.69) is 52.6 Å². The lowest BCUT2D eigenvalue weighted by molar-refractivity contribution is -0.243. The molecule has 24 heavy (non-hydrogen) atoms. The van der Waals surface area contributed by atoms with Crippen LogP contribution in [0.1, 0.15) is 32.8 Å². The fourth-order valence-corrected chi connectivity index (χ4v) is 3.57. The molecule has 134 valence electrons. The van der Waals surface area contributed by atoms with Crippen LogP contribution in [0.15, 0.2) is 43.0 Å². The van der Waals surface area contributed by atoms with E-state index in [1.807, 2.05) is 24.3 Å². The molecule has 1 aliphatic rings. The second-order valence-corrected chi connectivity index (χ2v) is 12.9. The molecule has 3 nitrogen and oxygen atoms in total. The molecule has 0 N–H and O–H groups in total. The quantitative estimate of drug-likeness (QED) is 0.492. The van der Waals surface area contributed by atoms with Gasteiger partial charge >= 0.3 is 0 Å². The summed E-state index contributed by atoms with van der Waals surface area (Å²) >= 11 is 0. The Balaban J connectivity index is 1.86. The zero-order chi connectivity index (χ0) is 17.8. The van der Waals surface area contributed by atoms with Gasteiger partial charge in [-0.3, -0.25) is 0 Å². The van der Waals surface area contributed by atoms with Crippen molar-refractivity contribution in [2.75, 3.05) is 13.2 Å². The van der Waals surface area contributed by atoms with Crippen molar-refractivity contribution in [1.82, 2.24) is 0 Å². The second-order valence-electron chi connectivity index (χ2n) is 8.13. The summed E-state index contributed by atoms with van der Waals surface area (Å²) in [5.41, 5.74) is 0.786. The van der Waals surface area contributed by atoms with E-state index in [-0.39, 0.29) is 16.7 Å². The summed E-state index contributed by atoms with van der Waals surface area (Å²) in [5, 5.41) is 0.229. The fourth-order valence-electron chi connectivity index (χ4n) is 2.51. The Morgan fingerprint density at radius 1 is 1.29 bits per heavy atom. The predicted molar refractivity (Wildman–Crippen MR) is 102 cm³/mol. The zero-order valence-electron chi connectivity index (χ0n) is 15.8. The number of benzene rings is 1. The van der Waals surface area contributed by atoms with Gasteiger partial charge < -0.3 is 13.9 Å². The van der Waals surface area contributed by atoms with Crippen molar-refractivity contribution in [3.05, 3.63) is 48.6 Å². The molecular formula is C20H32O3Si. The molecule has 0 saturated carbocycles. The molecule has 0 amide bonds. The first-order chi connectivity index (χ1) is 11.2. The lowest BCUT2D eigenvalue weighted by atomic mass is 9.89. The van der Waals surface area contributed by atoms with Gasteiger partial charge in [-0.25, -0.2) is 0 Å². The summed E-state index contributed by atoms with van der Waals surface area (Å²) in [6.07, 6.45) is 2.77. The van der Waals surface area contributed by atoms with Gasteiger partial charge in [-0.05, 0) is 30.1 Å². The number of hydrogen-bond donors (Lipinski definition) is 0. The zero-order valence-corrected chi connectivity index (χ0v) is 16.8. The molecule has 2 rings (SSSR count). The van der Waals surface area contributed by atoms with Crippen LogP contribution in [-0.2, 0) is 20.5 Å². The van der Waals surface area contributed by atoms with Crippen LogP contribution in [0, 0.1) is 0 Å². The van der Waals surface area contributed by atoms with Crippen LogP contribution in [0.25, 0.3) is 0 Å². The number of rotatable bonds is 8. The Morgan fingerprint density at radius 2 is 1.96 bits per heavy atom. The molecule has 1 aromatic carbocycles. The summed E-state index contributed by atoms with van der Waals surface area (Å²) in [5.74, 6) is 0. The Bertz CT molecular complexity index is 536. The van der Waals surface area contributed by atoms with Gasteiger partial charge in [-0.15, -0.1) is 6.58 Å². The molecule has 2 atom stereocenters. The third kappa shape index (κ3) is 4.36. The second kappa shape index (κ2) is 7.52. The first-order valence-corrected chi connectivity index (χ1v) is 11.7. The Hall–Kier alpha value is -0.943. The van der Waals surface area contributed by atoms with E-state index in [1.165, 1.54) is 5.56 Å². The maximum absolute atomic E-state index is 6.27. The first-order valence-electron chi connectivity index (χ1n) is 8.77. The number of ether oxygens (including phenoxy) is 2. The van der Waals surface area contributed by atoms with Gasteiger partial charge in [-0.1, -0.05) is 57.2 Å². The van der Waals surface area contributed by atoms with Crippen LogP contribution in [0.4, 0.5) is 0 Å². The average Bonchev–Trinajstić information content (AvgIpc) is 2.51. The van der Waals surface area contributed by atoms with E-state index in [0.29, 0.717) is 19.8 Å². The maximum Gasteiger partial charge on any atom is 0.191 e. The maximum atomic E-state index is 6.27. The summed E-state index contributed by atoms with van der Waals surface area (Å²) in [6.45, 7) is 17.2. The van der Waals surface area contributed by atoms with Crippen LogP contribution in [0.5, 0.6) is 0 Å². The molecular weight excluding hydrogens is 316 g/mol. The van der Waals surface area contributed by atoms with E-state index in [9.17, 15) is 0 Å². The molecule has 0 aromatic heterocycles. The van der Waals surface area contributed by atoms with Crippen molar-refractivity contribution in [2.45, 2.75) is 63.6 Å². The van der Waals surface area contributed by atoms with E-state index >= 15 is 0 Å². The van der Waals surface area contributed by atoms with Gasteiger partial charge in [0.1, 0.15) is 5.60 Å². The van der Waals surface area contributed by atoms with Crippen LogP contribution in [-0.4, -0.2) is 33.2 Å².